The van der Waals surface area contributed by atoms with Gasteiger partial charge < -0.3 is 67.4 Å². The number of hydrogen-bond donors (Lipinski definition) is 3. The molecule has 3 N–H and O–H groups in total. The number of allylic oxidation sites excluding steroid dienone is 4. The summed E-state index contributed by atoms with van der Waals surface area (Å²) < 4.78 is 57.2. The summed E-state index contributed by atoms with van der Waals surface area (Å²) in [4.78, 5) is 62.2. The quantitative estimate of drug-likeness (QED) is 0.0531. The summed E-state index contributed by atoms with van der Waals surface area (Å²) in [7, 11) is 0. The maximum Gasteiger partial charge on any atom is 0.324 e. The van der Waals surface area contributed by atoms with Crippen molar-refractivity contribution in [2.45, 2.75) is 111 Å². The summed E-state index contributed by atoms with van der Waals surface area (Å²) in [6.45, 7) is 12.5. The van der Waals surface area contributed by atoms with E-state index in [2.05, 4.69) is 27.0 Å². The van der Waals surface area contributed by atoms with Gasteiger partial charge in [0.15, 0.2) is 0 Å². The predicted molar refractivity (Wildman–Crippen MR) is 289 cm³/mol. The van der Waals surface area contributed by atoms with Crippen molar-refractivity contribution < 1.29 is 71.0 Å². The van der Waals surface area contributed by atoms with E-state index in [4.69, 9.17) is 58.7 Å². The van der Waals surface area contributed by atoms with Crippen molar-refractivity contribution in [3.05, 3.63) is 53.4 Å². The molecule has 0 saturated carbocycles. The van der Waals surface area contributed by atoms with E-state index in [1.165, 1.54) is 0 Å². The number of amides is 3. The third kappa shape index (κ3) is 26.7. The van der Waals surface area contributed by atoms with Gasteiger partial charge in [-0.15, -0.1) is 5.10 Å². The molecule has 2 heterocycles. The van der Waals surface area contributed by atoms with E-state index in [9.17, 15) is 24.1 Å². The van der Waals surface area contributed by atoms with E-state index in [-0.39, 0.29) is 54.8 Å². The molecule has 4 rings (SSSR count). The Hall–Kier alpha value is -3.87. The maximum atomic E-state index is 14.0. The average Bonchev–Trinajstić information content (AvgIpc) is 3.81. The van der Waals surface area contributed by atoms with Gasteiger partial charge in [0.2, 0.25) is 17.7 Å². The molecule has 1 aliphatic carbocycles. The molecule has 0 saturated heterocycles. The van der Waals surface area contributed by atoms with Crippen molar-refractivity contribution in [3.63, 3.8) is 0 Å². The molecule has 1 unspecified atom stereocenters. The number of carbonyl (C=O) groups excluding carboxylic acids is 4. The normalized spacial score (nSPS) is 14.1. The number of Topliss-reactive ketones (excluding diaryl/α,β-unsaturated/α-hetero) is 1. The number of ketones is 1. The van der Waals surface area contributed by atoms with Crippen molar-refractivity contribution in [2.24, 2.45) is 5.92 Å². The van der Waals surface area contributed by atoms with Crippen LogP contribution >= 0.6 is 6.72 Å². The van der Waals surface area contributed by atoms with Crippen LogP contribution in [0.4, 0.5) is 0 Å². The molecule has 0 spiro atoms. The summed E-state index contributed by atoms with van der Waals surface area (Å²) in [5.74, 6) is -0.204. The Bertz CT molecular complexity index is 2120. The molecule has 0 bridgehead atoms. The van der Waals surface area contributed by atoms with Gasteiger partial charge in [0.25, 0.3) is 0 Å². The monoisotopic (exact) mass is 1110 g/mol. The number of aromatic nitrogens is 3. The fourth-order valence-electron chi connectivity index (χ4n) is 7.84. The molecule has 2 aliphatic rings. The SMILES string of the molecule is CC(C)OP(O)(=S)OCCCCCCNC(=O)CCOCCOCCOCCOCCn1nnc2c1-c1ccccc1CN(C(=O)CCC(=O)NCCOCCOCCOCCOCCC(=O)C(C)C)C1=C2C=CCC1. The largest absolute Gasteiger partial charge is 0.379 e. The molecule has 1 aliphatic heterocycles. The van der Waals surface area contributed by atoms with Crippen LogP contribution in [0, 0.1) is 5.92 Å². The summed E-state index contributed by atoms with van der Waals surface area (Å²) in [5, 5.41) is 15.0. The summed E-state index contributed by atoms with van der Waals surface area (Å²) in [5.41, 5.74) is 5.15. The molecule has 1 aromatic carbocycles. The Kier molecular flexibility index (Phi) is 32.9. The third-order valence-electron chi connectivity index (χ3n) is 11.8. The molecule has 1 atom stereocenters. The number of benzene rings is 1. The van der Waals surface area contributed by atoms with Gasteiger partial charge in [0, 0.05) is 61.5 Å². The minimum absolute atomic E-state index is 0.0241. The molecule has 21 nitrogen and oxygen atoms in total. The van der Waals surface area contributed by atoms with Gasteiger partial charge in [-0.3, -0.25) is 19.2 Å². The molecule has 2 aromatic rings. The number of ether oxygens (including phenoxy) is 8. The zero-order valence-corrected chi connectivity index (χ0v) is 47.1. The molecular weight excluding hydrogens is 1020 g/mol. The van der Waals surface area contributed by atoms with Crippen molar-refractivity contribution >= 4 is 47.6 Å². The van der Waals surface area contributed by atoms with Crippen LogP contribution < -0.4 is 10.6 Å². The van der Waals surface area contributed by atoms with Crippen LogP contribution in [0.2, 0.25) is 0 Å². The zero-order valence-electron chi connectivity index (χ0n) is 45.3. The highest BCUT2D eigenvalue weighted by molar-refractivity contribution is 8.07. The molecular formula is C53H85N6O15PS. The molecule has 23 heteroatoms. The highest BCUT2D eigenvalue weighted by atomic mass is 32.5. The fourth-order valence-corrected chi connectivity index (χ4v) is 9.53. The van der Waals surface area contributed by atoms with Crippen LogP contribution in [0.15, 0.2) is 42.1 Å². The number of nitrogens with zero attached hydrogens (tertiary/aromatic N) is 4. The lowest BCUT2D eigenvalue weighted by molar-refractivity contribution is -0.132. The second-order valence-corrected chi connectivity index (χ2v) is 21.3. The topological polar surface area (TPSA) is 239 Å². The summed E-state index contributed by atoms with van der Waals surface area (Å²) in [6, 6.07) is 7.96. The van der Waals surface area contributed by atoms with Crippen LogP contribution in [0.3, 0.4) is 0 Å². The zero-order chi connectivity index (χ0) is 54.6. The molecule has 0 fully saturated rings. The Morgan fingerprint density at radius 3 is 1.88 bits per heavy atom. The van der Waals surface area contributed by atoms with Crippen LogP contribution in [0.5, 0.6) is 0 Å². The Morgan fingerprint density at radius 2 is 1.24 bits per heavy atom. The van der Waals surface area contributed by atoms with E-state index >= 15 is 0 Å². The number of hydrogen-bond acceptors (Lipinski definition) is 17. The Labute approximate surface area is 454 Å². The van der Waals surface area contributed by atoms with E-state index < -0.39 is 6.72 Å². The number of fused-ring (bicyclic) bond motifs is 4. The van der Waals surface area contributed by atoms with Crippen molar-refractivity contribution in [1.82, 2.24) is 30.5 Å². The maximum absolute atomic E-state index is 14.0. The van der Waals surface area contributed by atoms with Crippen molar-refractivity contribution in [2.75, 3.05) is 125 Å². The molecule has 76 heavy (non-hydrogen) atoms. The van der Waals surface area contributed by atoms with Gasteiger partial charge in [-0.25, -0.2) is 4.68 Å². The lowest BCUT2D eigenvalue weighted by atomic mass is 9.91. The first kappa shape index (κ1) is 64.7. The fraction of sp³-hybridized carbons (Fsp3) is 0.698. The van der Waals surface area contributed by atoms with E-state index in [0.717, 1.165) is 60.2 Å². The average molecular weight is 1110 g/mol. The van der Waals surface area contributed by atoms with Crippen molar-refractivity contribution in [3.8, 4) is 11.3 Å². The second kappa shape index (κ2) is 38.7. The first-order valence-electron chi connectivity index (χ1n) is 26.9. The van der Waals surface area contributed by atoms with E-state index in [1.807, 2.05) is 53.8 Å². The second-order valence-electron chi connectivity index (χ2n) is 18.5. The molecule has 428 valence electrons. The predicted octanol–water partition coefficient (Wildman–Crippen LogP) is 5.72. The highest BCUT2D eigenvalue weighted by Crippen LogP contribution is 2.45. The van der Waals surface area contributed by atoms with E-state index in [0.29, 0.717) is 157 Å². The van der Waals surface area contributed by atoms with Gasteiger partial charge in [0.05, 0.1) is 137 Å². The molecule has 1 aromatic heterocycles. The van der Waals surface area contributed by atoms with Gasteiger partial charge in [-0.05, 0) is 56.9 Å². The first-order chi connectivity index (χ1) is 36.9. The lowest BCUT2D eigenvalue weighted by Gasteiger charge is -2.31. The number of unbranched alkanes of at least 4 members (excludes halogenated alkanes) is 3. The van der Waals surface area contributed by atoms with E-state index in [1.54, 1.807) is 13.8 Å². The van der Waals surface area contributed by atoms with Crippen molar-refractivity contribution in [1.29, 1.82) is 0 Å². The van der Waals surface area contributed by atoms with Crippen LogP contribution in [0.1, 0.15) is 103 Å². The van der Waals surface area contributed by atoms with Crippen LogP contribution in [0.25, 0.3) is 16.8 Å². The third-order valence-corrected chi connectivity index (χ3v) is 13.5. The van der Waals surface area contributed by atoms with Gasteiger partial charge in [0.1, 0.15) is 11.5 Å². The smallest absolute Gasteiger partial charge is 0.324 e. The minimum atomic E-state index is -3.16. The highest BCUT2D eigenvalue weighted by Gasteiger charge is 2.31. The minimum Gasteiger partial charge on any atom is -0.379 e. The Morgan fingerprint density at radius 1 is 0.671 bits per heavy atom. The van der Waals surface area contributed by atoms with Crippen LogP contribution in [-0.2, 0) is 91.0 Å². The van der Waals surface area contributed by atoms with Gasteiger partial charge >= 0.3 is 6.72 Å². The number of rotatable bonds is 44. The van der Waals surface area contributed by atoms with Gasteiger partial charge in [-0.1, -0.05) is 68.3 Å². The summed E-state index contributed by atoms with van der Waals surface area (Å²) in [6.07, 6.45) is 9.57. The number of carbonyl (C=O) groups is 4. The summed E-state index contributed by atoms with van der Waals surface area (Å²) >= 11 is 4.96. The lowest BCUT2D eigenvalue weighted by Crippen LogP contribution is -2.34. The Balaban J connectivity index is 1.04. The standard InChI is InChI=1S/C53H85N6O15PS/c1-42(2)48(60)19-25-65-29-33-69-37-39-71-35-31-67-27-22-55-49(61)17-18-51(63)58-41-44-13-7-8-14-45(44)53-52(46-15-9-10-16-47(46)58)56-57-59(53)23-28-68-32-36-72-40-38-70-34-30-66-26-20-50(62)54-21-11-5-6-12-24-73-75(64,76)74-43(3)4/h7-9,13-15,42-43H,5-6,10-12,16-41H2,1-4H3,(H,54,62)(H,55,61)(H,64,76). The van der Waals surface area contributed by atoms with Crippen LogP contribution in [-0.4, -0.2) is 180 Å². The van der Waals surface area contributed by atoms with Gasteiger partial charge in [-0.2, -0.15) is 0 Å². The molecule has 0 radical (unpaired) electrons. The number of nitrogens with one attached hydrogen (secondary N) is 2. The molecule has 3 amide bonds. The first-order valence-corrected chi connectivity index (χ1v) is 29.5.